The monoisotopic (exact) mass is 358 g/mol. The molecule has 7 nitrogen and oxygen atoms in total. The summed E-state index contributed by atoms with van der Waals surface area (Å²) in [5.74, 6) is -1.19. The number of urea groups is 1. The molecule has 26 heavy (non-hydrogen) atoms. The quantitative estimate of drug-likeness (QED) is 0.590. The van der Waals surface area contributed by atoms with E-state index in [1.54, 1.807) is 19.1 Å². The Bertz CT molecular complexity index is 822. The maximum absolute atomic E-state index is 13.5. The molecule has 8 heteroatoms. The van der Waals surface area contributed by atoms with E-state index in [1.807, 2.05) is 0 Å². The fourth-order valence-corrected chi connectivity index (χ4v) is 2.14. The first-order chi connectivity index (χ1) is 12.4. The minimum Gasteiger partial charge on any atom is -0.351 e. The number of halogens is 1. The molecule has 0 aromatic heterocycles. The summed E-state index contributed by atoms with van der Waals surface area (Å²) in [6.45, 7) is 2.02. The summed E-state index contributed by atoms with van der Waals surface area (Å²) in [4.78, 5) is 34.6. The lowest BCUT2D eigenvalue weighted by Gasteiger charge is -2.08. The number of carbonyl (C=O) groups is 3. The second-order valence-electron chi connectivity index (χ2n) is 5.54. The molecule has 0 heterocycles. The van der Waals surface area contributed by atoms with Crippen LogP contribution in [0.5, 0.6) is 0 Å². The van der Waals surface area contributed by atoms with E-state index >= 15 is 0 Å². The maximum atomic E-state index is 13.5. The van der Waals surface area contributed by atoms with Crippen molar-refractivity contribution in [2.45, 2.75) is 6.92 Å². The third-order valence-corrected chi connectivity index (χ3v) is 3.54. The van der Waals surface area contributed by atoms with E-state index in [4.69, 9.17) is 5.73 Å². The van der Waals surface area contributed by atoms with E-state index in [9.17, 15) is 18.8 Å². The van der Waals surface area contributed by atoms with Crippen molar-refractivity contribution >= 4 is 23.5 Å². The fourth-order valence-electron chi connectivity index (χ4n) is 2.14. The number of nitrogens with two attached hydrogens (primary N) is 1. The minimum absolute atomic E-state index is 0.196. The van der Waals surface area contributed by atoms with Gasteiger partial charge in [-0.05, 0) is 48.9 Å². The van der Waals surface area contributed by atoms with Crippen molar-refractivity contribution in [1.29, 1.82) is 0 Å². The highest BCUT2D eigenvalue weighted by molar-refractivity contribution is 5.96. The van der Waals surface area contributed by atoms with E-state index in [0.29, 0.717) is 16.8 Å². The molecule has 0 fully saturated rings. The number of aryl methyl sites for hydroxylation is 1. The second-order valence-corrected chi connectivity index (χ2v) is 5.54. The van der Waals surface area contributed by atoms with Gasteiger partial charge in [0.1, 0.15) is 5.82 Å². The van der Waals surface area contributed by atoms with Crippen molar-refractivity contribution in [2.75, 3.05) is 18.4 Å². The zero-order chi connectivity index (χ0) is 19.1. The Morgan fingerprint density at radius 3 is 2.00 bits per heavy atom. The highest BCUT2D eigenvalue weighted by Gasteiger charge is 2.09. The number of amides is 4. The lowest BCUT2D eigenvalue weighted by molar-refractivity contribution is 0.0927. The molecule has 136 valence electrons. The van der Waals surface area contributed by atoms with Crippen LogP contribution in [0.4, 0.5) is 14.9 Å². The van der Waals surface area contributed by atoms with Gasteiger partial charge in [0.05, 0.1) is 0 Å². The molecular weight excluding hydrogens is 339 g/mol. The van der Waals surface area contributed by atoms with Gasteiger partial charge >= 0.3 is 6.03 Å². The maximum Gasteiger partial charge on any atom is 0.316 e. The Morgan fingerprint density at radius 2 is 1.46 bits per heavy atom. The summed E-state index contributed by atoms with van der Waals surface area (Å²) >= 11 is 0. The Labute approximate surface area is 149 Å². The Morgan fingerprint density at radius 1 is 0.923 bits per heavy atom. The molecule has 0 aliphatic carbocycles. The van der Waals surface area contributed by atoms with Gasteiger partial charge in [0.25, 0.3) is 11.8 Å². The molecule has 0 saturated carbocycles. The first-order valence-electron chi connectivity index (χ1n) is 7.86. The molecular formula is C18H19FN4O3. The molecule has 0 saturated heterocycles. The topological polar surface area (TPSA) is 113 Å². The van der Waals surface area contributed by atoms with Crippen molar-refractivity contribution in [3.63, 3.8) is 0 Å². The van der Waals surface area contributed by atoms with Gasteiger partial charge in [-0.25, -0.2) is 9.18 Å². The van der Waals surface area contributed by atoms with Crippen LogP contribution < -0.4 is 21.7 Å². The van der Waals surface area contributed by atoms with E-state index in [-0.39, 0.29) is 24.6 Å². The first kappa shape index (κ1) is 18.9. The Hall–Kier alpha value is -3.42. The van der Waals surface area contributed by atoms with Crippen LogP contribution in [-0.2, 0) is 0 Å². The van der Waals surface area contributed by atoms with Crippen LogP contribution in [0.1, 0.15) is 26.3 Å². The fraction of sp³-hybridized carbons (Fsp3) is 0.167. The van der Waals surface area contributed by atoms with Gasteiger partial charge in [0.15, 0.2) is 0 Å². The third kappa shape index (κ3) is 5.30. The van der Waals surface area contributed by atoms with Crippen molar-refractivity contribution in [3.05, 3.63) is 65.0 Å². The molecule has 2 aromatic carbocycles. The van der Waals surface area contributed by atoms with E-state index in [2.05, 4.69) is 16.0 Å². The molecule has 4 amide bonds. The molecule has 0 spiro atoms. The Balaban J connectivity index is 1.78. The van der Waals surface area contributed by atoms with Gasteiger partial charge in [0.2, 0.25) is 0 Å². The average Bonchev–Trinajstić information content (AvgIpc) is 2.60. The second kappa shape index (κ2) is 8.61. The lowest BCUT2D eigenvalue weighted by Crippen LogP contribution is -2.34. The molecule has 5 N–H and O–H groups in total. The molecule has 0 radical (unpaired) electrons. The van der Waals surface area contributed by atoms with Crippen molar-refractivity contribution in [1.82, 2.24) is 10.6 Å². The van der Waals surface area contributed by atoms with Crippen LogP contribution in [0.15, 0.2) is 42.5 Å². The molecule has 0 unspecified atom stereocenters. The van der Waals surface area contributed by atoms with Gasteiger partial charge < -0.3 is 21.7 Å². The molecule has 0 bridgehead atoms. The highest BCUT2D eigenvalue weighted by Crippen LogP contribution is 2.10. The molecule has 0 aliphatic heterocycles. The number of benzene rings is 2. The SMILES string of the molecule is Cc1ccc(C(=O)NCCNC(=O)c2ccc(NC(N)=O)cc2)cc1F. The summed E-state index contributed by atoms with van der Waals surface area (Å²) in [5, 5.41) is 7.64. The number of rotatable bonds is 6. The van der Waals surface area contributed by atoms with E-state index < -0.39 is 17.8 Å². The van der Waals surface area contributed by atoms with Gasteiger partial charge in [-0.1, -0.05) is 6.07 Å². The highest BCUT2D eigenvalue weighted by atomic mass is 19.1. The number of hydrogen-bond donors (Lipinski definition) is 4. The minimum atomic E-state index is -0.689. The van der Waals surface area contributed by atoms with E-state index in [0.717, 1.165) is 0 Å². The molecule has 0 atom stereocenters. The number of anilines is 1. The van der Waals surface area contributed by atoms with Crippen LogP contribution in [-0.4, -0.2) is 30.9 Å². The predicted octanol–water partition coefficient (Wildman–Crippen LogP) is 1.78. The standard InChI is InChI=1S/C18H19FN4O3/c1-11-2-3-13(10-15(11)19)17(25)22-9-8-21-16(24)12-4-6-14(7-5-12)23-18(20)26/h2-7,10H,8-9H2,1H3,(H,21,24)(H,22,25)(H3,20,23,26). The van der Waals surface area contributed by atoms with Crippen LogP contribution in [0.2, 0.25) is 0 Å². The van der Waals surface area contributed by atoms with Crippen LogP contribution in [0.3, 0.4) is 0 Å². The molecule has 0 aliphatic rings. The normalized spacial score (nSPS) is 10.1. The van der Waals surface area contributed by atoms with Crippen molar-refractivity contribution in [3.8, 4) is 0 Å². The van der Waals surface area contributed by atoms with Crippen LogP contribution in [0.25, 0.3) is 0 Å². The average molecular weight is 358 g/mol. The Kier molecular flexibility index (Phi) is 6.26. The number of nitrogens with one attached hydrogen (secondary N) is 3. The predicted molar refractivity (Wildman–Crippen MR) is 95.5 cm³/mol. The smallest absolute Gasteiger partial charge is 0.316 e. The van der Waals surface area contributed by atoms with Crippen LogP contribution >= 0.6 is 0 Å². The van der Waals surface area contributed by atoms with Gasteiger partial charge in [-0.15, -0.1) is 0 Å². The first-order valence-corrected chi connectivity index (χ1v) is 7.86. The zero-order valence-corrected chi connectivity index (χ0v) is 14.1. The molecule has 2 aromatic rings. The molecule has 2 rings (SSSR count). The number of primary amides is 1. The summed E-state index contributed by atoms with van der Waals surface area (Å²) in [7, 11) is 0. The van der Waals surface area contributed by atoms with Crippen molar-refractivity contribution in [2.24, 2.45) is 5.73 Å². The number of hydrogen-bond acceptors (Lipinski definition) is 3. The van der Waals surface area contributed by atoms with E-state index in [1.165, 1.54) is 30.3 Å². The summed E-state index contributed by atoms with van der Waals surface area (Å²) < 4.78 is 13.5. The zero-order valence-electron chi connectivity index (χ0n) is 14.1. The third-order valence-electron chi connectivity index (χ3n) is 3.54. The van der Waals surface area contributed by atoms with Gasteiger partial charge in [0, 0.05) is 29.9 Å². The van der Waals surface area contributed by atoms with Crippen LogP contribution in [0, 0.1) is 12.7 Å². The summed E-state index contributed by atoms with van der Waals surface area (Å²) in [6, 6.07) is 9.72. The largest absolute Gasteiger partial charge is 0.351 e. The van der Waals surface area contributed by atoms with Gasteiger partial charge in [-0.2, -0.15) is 0 Å². The number of carbonyl (C=O) groups excluding carboxylic acids is 3. The summed E-state index contributed by atoms with van der Waals surface area (Å²) in [6.07, 6.45) is 0. The van der Waals surface area contributed by atoms with Crippen molar-refractivity contribution < 1.29 is 18.8 Å². The van der Waals surface area contributed by atoms with Gasteiger partial charge in [-0.3, -0.25) is 9.59 Å². The lowest BCUT2D eigenvalue weighted by atomic mass is 10.1. The summed E-state index contributed by atoms with van der Waals surface area (Å²) in [5.41, 5.74) is 6.56.